The fourth-order valence-corrected chi connectivity index (χ4v) is 6.23. The molecule has 1 atom stereocenters. The molecular formula is C18H32N2. The lowest BCUT2D eigenvalue weighted by atomic mass is 9.54. The van der Waals surface area contributed by atoms with E-state index in [0.717, 1.165) is 35.8 Å². The third-order valence-corrected chi connectivity index (χ3v) is 7.16. The molecule has 4 saturated carbocycles. The highest BCUT2D eigenvalue weighted by Gasteiger charge is 2.50. The molecule has 5 fully saturated rings. The van der Waals surface area contributed by atoms with Gasteiger partial charge in [0, 0.05) is 38.3 Å². The summed E-state index contributed by atoms with van der Waals surface area (Å²) in [6.45, 7) is 10.1. The average Bonchev–Trinajstić information content (AvgIpc) is 2.46. The minimum Gasteiger partial charge on any atom is -0.298 e. The van der Waals surface area contributed by atoms with Crippen LogP contribution in [0.1, 0.15) is 52.4 Å². The monoisotopic (exact) mass is 276 g/mol. The maximum Gasteiger partial charge on any atom is 0.0153 e. The van der Waals surface area contributed by atoms with Gasteiger partial charge in [0.1, 0.15) is 0 Å². The lowest BCUT2D eigenvalue weighted by Crippen LogP contribution is -2.60. The molecule has 5 rings (SSSR count). The first-order chi connectivity index (χ1) is 9.74. The van der Waals surface area contributed by atoms with E-state index < -0.39 is 0 Å². The van der Waals surface area contributed by atoms with E-state index in [9.17, 15) is 0 Å². The summed E-state index contributed by atoms with van der Waals surface area (Å²) in [7, 11) is 0. The predicted octanol–water partition coefficient (Wildman–Crippen LogP) is 3.23. The highest BCUT2D eigenvalue weighted by Crippen LogP contribution is 2.55. The molecule has 0 aromatic rings. The highest BCUT2D eigenvalue weighted by molar-refractivity contribution is 5.02. The Morgan fingerprint density at radius 3 is 1.90 bits per heavy atom. The normalized spacial score (nSPS) is 46.8. The molecule has 0 radical (unpaired) electrons. The largest absolute Gasteiger partial charge is 0.298 e. The van der Waals surface area contributed by atoms with Crippen LogP contribution in [0.15, 0.2) is 0 Å². The lowest BCUT2D eigenvalue weighted by Gasteiger charge is -2.58. The molecule has 1 aliphatic heterocycles. The standard InChI is InChI=1S/C18H32N2/c1-3-13(2)19-4-6-20(7-5-19)18-16-9-14-8-15(11-16)12-17(18)10-14/h13-18H,3-12H2,1-2H3/t13-,14?,15?,16?,17?,18?/m1/s1. The van der Waals surface area contributed by atoms with Crippen LogP contribution in [0.4, 0.5) is 0 Å². The SMILES string of the molecule is CC[C@@H](C)N1CCN(C2C3CC4CC(C3)CC2C4)CC1. The van der Waals surface area contributed by atoms with Crippen molar-refractivity contribution in [3.05, 3.63) is 0 Å². The molecule has 0 aromatic carbocycles. The molecule has 0 unspecified atom stereocenters. The summed E-state index contributed by atoms with van der Waals surface area (Å²) in [6.07, 6.45) is 9.18. The molecule has 20 heavy (non-hydrogen) atoms. The summed E-state index contributed by atoms with van der Waals surface area (Å²) in [5, 5.41) is 0. The zero-order valence-electron chi connectivity index (χ0n) is 13.4. The molecule has 0 N–H and O–H groups in total. The first kappa shape index (κ1) is 13.6. The van der Waals surface area contributed by atoms with Gasteiger partial charge in [-0.15, -0.1) is 0 Å². The van der Waals surface area contributed by atoms with Crippen molar-refractivity contribution in [3.8, 4) is 0 Å². The Hall–Kier alpha value is -0.0800. The lowest BCUT2D eigenvalue weighted by molar-refractivity contribution is -0.0787. The van der Waals surface area contributed by atoms with Crippen molar-refractivity contribution < 1.29 is 0 Å². The number of nitrogens with zero attached hydrogens (tertiary/aromatic N) is 2. The first-order valence-electron chi connectivity index (χ1n) is 9.22. The molecule has 4 aliphatic carbocycles. The second-order valence-corrected chi connectivity index (χ2v) is 8.25. The van der Waals surface area contributed by atoms with Gasteiger partial charge >= 0.3 is 0 Å². The zero-order valence-corrected chi connectivity index (χ0v) is 13.4. The Morgan fingerprint density at radius 1 is 0.850 bits per heavy atom. The van der Waals surface area contributed by atoms with Crippen molar-refractivity contribution >= 4 is 0 Å². The van der Waals surface area contributed by atoms with Crippen LogP contribution < -0.4 is 0 Å². The van der Waals surface area contributed by atoms with Gasteiger partial charge in [-0.25, -0.2) is 0 Å². The second kappa shape index (κ2) is 5.28. The third-order valence-electron chi connectivity index (χ3n) is 7.16. The van der Waals surface area contributed by atoms with E-state index in [0.29, 0.717) is 0 Å². The van der Waals surface area contributed by atoms with Crippen LogP contribution in [0.25, 0.3) is 0 Å². The number of hydrogen-bond acceptors (Lipinski definition) is 2. The molecule has 1 heterocycles. The fraction of sp³-hybridized carbons (Fsp3) is 1.00. The Bertz CT molecular complexity index is 317. The summed E-state index contributed by atoms with van der Waals surface area (Å²) in [5.74, 6) is 4.38. The van der Waals surface area contributed by atoms with E-state index in [2.05, 4.69) is 23.6 Å². The molecule has 2 nitrogen and oxygen atoms in total. The van der Waals surface area contributed by atoms with Gasteiger partial charge in [-0.1, -0.05) is 6.92 Å². The second-order valence-electron chi connectivity index (χ2n) is 8.25. The minimum absolute atomic E-state index is 0.788. The minimum atomic E-state index is 0.788. The summed E-state index contributed by atoms with van der Waals surface area (Å²) >= 11 is 0. The Labute approximate surface area is 124 Å². The van der Waals surface area contributed by atoms with E-state index in [4.69, 9.17) is 0 Å². The quantitative estimate of drug-likeness (QED) is 0.781. The van der Waals surface area contributed by atoms with Crippen LogP contribution in [0.2, 0.25) is 0 Å². The highest BCUT2D eigenvalue weighted by atomic mass is 15.3. The molecule has 0 amide bonds. The number of hydrogen-bond donors (Lipinski definition) is 0. The van der Waals surface area contributed by atoms with E-state index in [-0.39, 0.29) is 0 Å². The van der Waals surface area contributed by atoms with Gasteiger partial charge in [0.15, 0.2) is 0 Å². The summed E-state index contributed by atoms with van der Waals surface area (Å²) in [6, 6.07) is 1.76. The van der Waals surface area contributed by atoms with Gasteiger partial charge in [-0.05, 0) is 69.1 Å². The van der Waals surface area contributed by atoms with E-state index in [1.54, 1.807) is 32.1 Å². The maximum atomic E-state index is 2.91. The van der Waals surface area contributed by atoms with Crippen molar-refractivity contribution in [1.29, 1.82) is 0 Å². The van der Waals surface area contributed by atoms with Crippen molar-refractivity contribution in [2.45, 2.75) is 64.5 Å². The van der Waals surface area contributed by atoms with Crippen molar-refractivity contribution in [1.82, 2.24) is 9.80 Å². The molecule has 1 saturated heterocycles. The predicted molar refractivity (Wildman–Crippen MR) is 83.7 cm³/mol. The molecular weight excluding hydrogens is 244 g/mol. The maximum absolute atomic E-state index is 2.91. The van der Waals surface area contributed by atoms with Gasteiger partial charge < -0.3 is 0 Å². The van der Waals surface area contributed by atoms with E-state index in [1.807, 2.05) is 0 Å². The summed E-state index contributed by atoms with van der Waals surface area (Å²) in [5.41, 5.74) is 0. The van der Waals surface area contributed by atoms with Crippen LogP contribution in [0.3, 0.4) is 0 Å². The van der Waals surface area contributed by atoms with Gasteiger partial charge in [-0.3, -0.25) is 9.80 Å². The molecule has 0 spiro atoms. The van der Waals surface area contributed by atoms with Crippen LogP contribution in [0, 0.1) is 23.7 Å². The Morgan fingerprint density at radius 2 is 1.40 bits per heavy atom. The van der Waals surface area contributed by atoms with Gasteiger partial charge in [0.25, 0.3) is 0 Å². The molecule has 2 heteroatoms. The van der Waals surface area contributed by atoms with Crippen molar-refractivity contribution in [2.24, 2.45) is 23.7 Å². The van der Waals surface area contributed by atoms with Crippen molar-refractivity contribution in [2.75, 3.05) is 26.2 Å². The van der Waals surface area contributed by atoms with Gasteiger partial charge in [0.2, 0.25) is 0 Å². The molecule has 5 aliphatic rings. The number of rotatable bonds is 3. The summed E-state index contributed by atoms with van der Waals surface area (Å²) in [4.78, 5) is 5.62. The molecule has 0 aromatic heterocycles. The molecule has 4 bridgehead atoms. The van der Waals surface area contributed by atoms with Gasteiger partial charge in [0.05, 0.1) is 0 Å². The Balaban J connectivity index is 1.40. The third kappa shape index (κ3) is 2.23. The fourth-order valence-electron chi connectivity index (χ4n) is 6.23. The molecule has 114 valence electrons. The first-order valence-corrected chi connectivity index (χ1v) is 9.22. The van der Waals surface area contributed by atoms with E-state index >= 15 is 0 Å². The van der Waals surface area contributed by atoms with Gasteiger partial charge in [-0.2, -0.15) is 0 Å². The van der Waals surface area contributed by atoms with Crippen molar-refractivity contribution in [3.63, 3.8) is 0 Å². The number of piperazine rings is 1. The summed E-state index contributed by atoms with van der Waals surface area (Å²) < 4.78 is 0. The topological polar surface area (TPSA) is 6.48 Å². The van der Waals surface area contributed by atoms with Crippen LogP contribution in [0.5, 0.6) is 0 Å². The average molecular weight is 276 g/mol. The zero-order chi connectivity index (χ0) is 13.7. The van der Waals surface area contributed by atoms with Crippen LogP contribution in [-0.2, 0) is 0 Å². The van der Waals surface area contributed by atoms with Crippen LogP contribution >= 0.6 is 0 Å². The van der Waals surface area contributed by atoms with Crippen LogP contribution in [-0.4, -0.2) is 48.1 Å². The smallest absolute Gasteiger partial charge is 0.0153 e. The Kier molecular flexibility index (Phi) is 3.58. The van der Waals surface area contributed by atoms with E-state index in [1.165, 1.54) is 32.6 Å².